The first-order chi connectivity index (χ1) is 10.5. The van der Waals surface area contributed by atoms with Crippen LogP contribution in [0.1, 0.15) is 39.2 Å². The monoisotopic (exact) mass is 303 g/mol. The average molecular weight is 303 g/mol. The maximum absolute atomic E-state index is 5.48. The zero-order valence-corrected chi connectivity index (χ0v) is 14.5. The van der Waals surface area contributed by atoms with Gasteiger partial charge in [-0.2, -0.15) is 0 Å². The number of methoxy groups -OCH3 is 2. The Morgan fingerprint density at radius 1 is 1.18 bits per heavy atom. The topological polar surface area (TPSA) is 30.5 Å². The summed E-state index contributed by atoms with van der Waals surface area (Å²) >= 11 is 0. The Bertz CT molecular complexity index is 540. The molecule has 3 heteroatoms. The van der Waals surface area contributed by atoms with Gasteiger partial charge in [-0.1, -0.05) is 20.8 Å². The van der Waals surface area contributed by atoms with Gasteiger partial charge in [-0.25, -0.2) is 0 Å². The fourth-order valence-electron chi connectivity index (χ4n) is 4.68. The fourth-order valence-corrected chi connectivity index (χ4v) is 4.68. The van der Waals surface area contributed by atoms with Crippen LogP contribution in [0.3, 0.4) is 0 Å². The number of ether oxygens (including phenoxy) is 2. The highest BCUT2D eigenvalue weighted by Gasteiger charge is 2.55. The van der Waals surface area contributed by atoms with Gasteiger partial charge < -0.3 is 14.8 Å². The minimum atomic E-state index is 0.547. The van der Waals surface area contributed by atoms with E-state index in [1.807, 2.05) is 12.1 Å². The third kappa shape index (κ3) is 2.50. The van der Waals surface area contributed by atoms with E-state index in [9.17, 15) is 0 Å². The molecule has 0 amide bonds. The quantitative estimate of drug-likeness (QED) is 0.896. The van der Waals surface area contributed by atoms with Crippen LogP contribution in [0.15, 0.2) is 18.2 Å². The lowest BCUT2D eigenvalue weighted by Crippen LogP contribution is -2.59. The molecule has 1 N–H and O–H groups in total. The van der Waals surface area contributed by atoms with Crippen LogP contribution in [0.2, 0.25) is 0 Å². The standard InChI is InChI=1S/C19H29NO2/c1-12-16-9-14(19(16,2)3)10-17(12)20-11-13-8-15(21-4)6-7-18(13)22-5/h6-8,12,14,16-17,20H,9-11H2,1-5H3/t12-,14+,16-,17-/m0/s1. The lowest BCUT2D eigenvalue weighted by atomic mass is 9.45. The SMILES string of the molecule is COc1ccc(OC)c(CN[C@H]2C[C@H]3C[C@@H]([C@@H]2C)C3(C)C)c1. The molecule has 0 saturated heterocycles. The van der Waals surface area contributed by atoms with Crippen LogP contribution in [-0.2, 0) is 6.54 Å². The van der Waals surface area contributed by atoms with E-state index in [1.54, 1.807) is 14.2 Å². The van der Waals surface area contributed by atoms with Crippen molar-refractivity contribution in [2.24, 2.45) is 23.2 Å². The van der Waals surface area contributed by atoms with Crippen molar-refractivity contribution in [2.45, 2.75) is 46.2 Å². The van der Waals surface area contributed by atoms with Crippen molar-refractivity contribution in [1.82, 2.24) is 5.32 Å². The van der Waals surface area contributed by atoms with Crippen LogP contribution in [0.4, 0.5) is 0 Å². The molecule has 3 nitrogen and oxygen atoms in total. The molecule has 0 unspecified atom stereocenters. The van der Waals surface area contributed by atoms with Gasteiger partial charge in [0.05, 0.1) is 14.2 Å². The van der Waals surface area contributed by atoms with Gasteiger partial charge in [0.15, 0.2) is 0 Å². The van der Waals surface area contributed by atoms with Gasteiger partial charge in [-0.15, -0.1) is 0 Å². The second kappa shape index (κ2) is 5.77. The molecule has 0 aliphatic heterocycles. The first-order valence-electron chi connectivity index (χ1n) is 8.41. The first kappa shape index (κ1) is 15.7. The summed E-state index contributed by atoms with van der Waals surface area (Å²) in [5, 5.41) is 3.78. The smallest absolute Gasteiger partial charge is 0.123 e. The molecule has 3 fully saturated rings. The molecule has 2 bridgehead atoms. The van der Waals surface area contributed by atoms with E-state index in [0.29, 0.717) is 11.5 Å². The summed E-state index contributed by atoms with van der Waals surface area (Å²) in [6.07, 6.45) is 2.73. The number of fused-ring (bicyclic) bond motifs is 2. The molecule has 0 radical (unpaired) electrons. The Balaban J connectivity index is 1.66. The maximum atomic E-state index is 5.48. The average Bonchev–Trinajstić information content (AvgIpc) is 2.52. The molecule has 122 valence electrons. The van der Waals surface area contributed by atoms with Crippen molar-refractivity contribution in [3.8, 4) is 11.5 Å². The summed E-state index contributed by atoms with van der Waals surface area (Å²) in [6.45, 7) is 8.16. The van der Waals surface area contributed by atoms with E-state index in [-0.39, 0.29) is 0 Å². The highest BCUT2D eigenvalue weighted by molar-refractivity contribution is 5.40. The van der Waals surface area contributed by atoms with Gasteiger partial charge in [0.25, 0.3) is 0 Å². The number of benzene rings is 1. The Labute approximate surface area is 134 Å². The van der Waals surface area contributed by atoms with E-state index >= 15 is 0 Å². The molecule has 3 aliphatic carbocycles. The van der Waals surface area contributed by atoms with Gasteiger partial charge in [-0.05, 0) is 54.2 Å². The third-order valence-corrected chi connectivity index (χ3v) is 6.40. The predicted octanol–water partition coefficient (Wildman–Crippen LogP) is 3.86. The molecule has 3 saturated carbocycles. The van der Waals surface area contributed by atoms with Crippen LogP contribution < -0.4 is 14.8 Å². The van der Waals surface area contributed by atoms with Gasteiger partial charge in [0.2, 0.25) is 0 Å². The largest absolute Gasteiger partial charge is 0.497 e. The zero-order valence-electron chi connectivity index (χ0n) is 14.5. The van der Waals surface area contributed by atoms with Crippen molar-refractivity contribution in [2.75, 3.05) is 14.2 Å². The van der Waals surface area contributed by atoms with Crippen LogP contribution in [0, 0.1) is 23.2 Å². The van der Waals surface area contributed by atoms with Gasteiger partial charge >= 0.3 is 0 Å². The Hall–Kier alpha value is -1.22. The molecule has 4 atom stereocenters. The molecule has 1 aromatic carbocycles. The Morgan fingerprint density at radius 3 is 2.55 bits per heavy atom. The van der Waals surface area contributed by atoms with E-state index in [4.69, 9.17) is 9.47 Å². The highest BCUT2D eigenvalue weighted by Crippen LogP contribution is 2.61. The van der Waals surface area contributed by atoms with Crippen molar-refractivity contribution in [1.29, 1.82) is 0 Å². The first-order valence-corrected chi connectivity index (χ1v) is 8.41. The molecule has 4 rings (SSSR count). The van der Waals surface area contributed by atoms with Crippen molar-refractivity contribution in [3.63, 3.8) is 0 Å². The zero-order chi connectivity index (χ0) is 15.9. The summed E-state index contributed by atoms with van der Waals surface area (Å²) in [5.74, 6) is 4.33. The molecule has 0 aromatic heterocycles. The highest BCUT2D eigenvalue weighted by atomic mass is 16.5. The fraction of sp³-hybridized carbons (Fsp3) is 0.684. The third-order valence-electron chi connectivity index (χ3n) is 6.40. The normalized spacial score (nSPS) is 32.2. The van der Waals surface area contributed by atoms with Crippen molar-refractivity contribution in [3.05, 3.63) is 23.8 Å². The second-order valence-electron chi connectivity index (χ2n) is 7.62. The van der Waals surface area contributed by atoms with Crippen molar-refractivity contribution >= 4 is 0 Å². The molecule has 0 heterocycles. The number of hydrogen-bond donors (Lipinski definition) is 1. The number of hydrogen-bond acceptors (Lipinski definition) is 3. The molecule has 1 aromatic rings. The molecule has 0 spiro atoms. The summed E-state index contributed by atoms with van der Waals surface area (Å²) in [6, 6.07) is 6.63. The van der Waals surface area contributed by atoms with Crippen LogP contribution >= 0.6 is 0 Å². The summed E-state index contributed by atoms with van der Waals surface area (Å²) in [4.78, 5) is 0. The van der Waals surface area contributed by atoms with Gasteiger partial charge in [0, 0.05) is 18.2 Å². The van der Waals surface area contributed by atoms with Gasteiger partial charge in [-0.3, -0.25) is 0 Å². The summed E-state index contributed by atoms with van der Waals surface area (Å²) in [7, 11) is 3.43. The van der Waals surface area contributed by atoms with Gasteiger partial charge in [0.1, 0.15) is 11.5 Å². The second-order valence-corrected chi connectivity index (χ2v) is 7.62. The number of nitrogens with one attached hydrogen (secondary N) is 1. The molecular weight excluding hydrogens is 274 g/mol. The van der Waals surface area contributed by atoms with E-state index < -0.39 is 0 Å². The van der Waals surface area contributed by atoms with Crippen LogP contribution in [0.25, 0.3) is 0 Å². The summed E-state index contributed by atoms with van der Waals surface area (Å²) in [5.41, 5.74) is 1.72. The minimum Gasteiger partial charge on any atom is -0.497 e. The predicted molar refractivity (Wildman–Crippen MR) is 89.3 cm³/mol. The molecule has 3 aliphatic rings. The lowest BCUT2D eigenvalue weighted by molar-refractivity contribution is -0.115. The number of rotatable bonds is 5. The van der Waals surface area contributed by atoms with Crippen LogP contribution in [0.5, 0.6) is 11.5 Å². The Kier molecular flexibility index (Phi) is 4.11. The molecular formula is C19H29NO2. The maximum Gasteiger partial charge on any atom is 0.123 e. The van der Waals surface area contributed by atoms with E-state index in [1.165, 1.54) is 18.4 Å². The lowest BCUT2D eigenvalue weighted by Gasteiger charge is -2.62. The summed E-state index contributed by atoms with van der Waals surface area (Å²) < 4.78 is 10.8. The molecule has 22 heavy (non-hydrogen) atoms. The van der Waals surface area contributed by atoms with E-state index in [0.717, 1.165) is 35.8 Å². The Morgan fingerprint density at radius 2 is 1.95 bits per heavy atom. The minimum absolute atomic E-state index is 0.547. The van der Waals surface area contributed by atoms with Crippen LogP contribution in [-0.4, -0.2) is 20.3 Å². The van der Waals surface area contributed by atoms with E-state index in [2.05, 4.69) is 32.2 Å². The van der Waals surface area contributed by atoms with Crippen molar-refractivity contribution < 1.29 is 9.47 Å².